The normalized spacial score (nSPS) is 10.5. The zero-order chi connectivity index (χ0) is 13.0. The van der Waals surface area contributed by atoms with Crippen molar-refractivity contribution in [2.24, 2.45) is 0 Å². The van der Waals surface area contributed by atoms with Crippen molar-refractivity contribution in [3.63, 3.8) is 0 Å². The van der Waals surface area contributed by atoms with E-state index in [-0.39, 0.29) is 5.69 Å². The first-order valence-corrected chi connectivity index (χ1v) is 6.08. The summed E-state index contributed by atoms with van der Waals surface area (Å²) in [7, 11) is 0. The van der Waals surface area contributed by atoms with E-state index in [0.717, 1.165) is 10.0 Å². The zero-order valence-electron chi connectivity index (χ0n) is 9.39. The maximum absolute atomic E-state index is 10.6. The minimum atomic E-state index is -1.09. The molecule has 0 fully saturated rings. The fraction of sp³-hybridized carbons (Fsp3) is 0.167. The average molecular weight is 311 g/mol. The third kappa shape index (κ3) is 3.41. The molecule has 0 aliphatic rings. The summed E-state index contributed by atoms with van der Waals surface area (Å²) in [5, 5.41) is 15.3. The molecule has 2 rings (SSSR count). The number of aromatic nitrogens is 1. The van der Waals surface area contributed by atoms with Gasteiger partial charge < -0.3 is 14.9 Å². The van der Waals surface area contributed by atoms with Gasteiger partial charge in [-0.15, -0.1) is 0 Å². The van der Waals surface area contributed by atoms with E-state index in [4.69, 9.17) is 9.63 Å². The summed E-state index contributed by atoms with van der Waals surface area (Å²) in [4.78, 5) is 10.6. The van der Waals surface area contributed by atoms with Crippen LogP contribution in [0.25, 0.3) is 0 Å². The Morgan fingerprint density at radius 3 is 2.89 bits per heavy atom. The third-order valence-corrected chi connectivity index (χ3v) is 2.79. The second-order valence-corrected chi connectivity index (χ2v) is 4.63. The Labute approximate surface area is 112 Å². The summed E-state index contributed by atoms with van der Waals surface area (Å²) >= 11 is 3.40. The minimum absolute atomic E-state index is 0.0748. The molecular weight excluding hydrogens is 300 g/mol. The van der Waals surface area contributed by atoms with Crippen LogP contribution in [0.4, 0.5) is 0 Å². The van der Waals surface area contributed by atoms with E-state index >= 15 is 0 Å². The molecule has 0 aliphatic carbocycles. The van der Waals surface area contributed by atoms with Crippen molar-refractivity contribution in [1.82, 2.24) is 10.5 Å². The zero-order valence-corrected chi connectivity index (χ0v) is 11.0. The van der Waals surface area contributed by atoms with Gasteiger partial charge in [0.25, 0.3) is 0 Å². The van der Waals surface area contributed by atoms with E-state index in [9.17, 15) is 4.79 Å². The third-order valence-electron chi connectivity index (χ3n) is 2.30. The van der Waals surface area contributed by atoms with Crippen molar-refractivity contribution in [2.45, 2.75) is 13.1 Å². The Bertz CT molecular complexity index is 554. The summed E-state index contributed by atoms with van der Waals surface area (Å²) in [6.45, 7) is 1.11. The first-order chi connectivity index (χ1) is 8.65. The number of carboxylic acids is 1. The molecule has 0 saturated carbocycles. The standard InChI is InChI=1S/C12H11BrN2O3/c13-9-3-1-2-8(4-9)6-14-7-10-5-11(12(16)17)15-18-10/h1-5,14H,6-7H2,(H,16,17). The molecule has 1 heterocycles. The lowest BCUT2D eigenvalue weighted by atomic mass is 10.2. The number of nitrogens with one attached hydrogen (secondary N) is 1. The van der Waals surface area contributed by atoms with Gasteiger partial charge in [0.2, 0.25) is 0 Å². The molecule has 1 aromatic heterocycles. The molecule has 1 aromatic carbocycles. The topological polar surface area (TPSA) is 75.4 Å². The van der Waals surface area contributed by atoms with Crippen LogP contribution in [0.15, 0.2) is 39.3 Å². The molecule has 6 heteroatoms. The van der Waals surface area contributed by atoms with Crippen LogP contribution in [-0.4, -0.2) is 16.2 Å². The lowest BCUT2D eigenvalue weighted by Crippen LogP contribution is -2.12. The number of carbonyl (C=O) groups is 1. The van der Waals surface area contributed by atoms with Crippen LogP contribution in [-0.2, 0) is 13.1 Å². The van der Waals surface area contributed by atoms with Crippen molar-refractivity contribution in [3.05, 3.63) is 51.8 Å². The molecule has 0 unspecified atom stereocenters. The minimum Gasteiger partial charge on any atom is -0.476 e. The highest BCUT2D eigenvalue weighted by Crippen LogP contribution is 2.11. The molecule has 0 saturated heterocycles. The molecule has 94 valence electrons. The number of halogens is 1. The summed E-state index contributed by atoms with van der Waals surface area (Å²) < 4.78 is 5.91. The molecule has 5 nitrogen and oxygen atoms in total. The number of benzene rings is 1. The number of hydrogen-bond acceptors (Lipinski definition) is 4. The summed E-state index contributed by atoms with van der Waals surface area (Å²) in [6, 6.07) is 9.34. The van der Waals surface area contributed by atoms with E-state index in [1.54, 1.807) is 0 Å². The molecule has 0 amide bonds. The van der Waals surface area contributed by atoms with Gasteiger partial charge in [-0.25, -0.2) is 4.79 Å². The van der Waals surface area contributed by atoms with Crippen molar-refractivity contribution in [1.29, 1.82) is 0 Å². The Balaban J connectivity index is 1.86. The van der Waals surface area contributed by atoms with E-state index in [1.165, 1.54) is 6.07 Å². The number of aromatic carboxylic acids is 1. The van der Waals surface area contributed by atoms with Gasteiger partial charge in [-0.2, -0.15) is 0 Å². The Hall–Kier alpha value is -1.66. The Morgan fingerprint density at radius 1 is 1.39 bits per heavy atom. The van der Waals surface area contributed by atoms with Crippen molar-refractivity contribution in [3.8, 4) is 0 Å². The van der Waals surface area contributed by atoms with Crippen molar-refractivity contribution < 1.29 is 14.4 Å². The molecule has 0 spiro atoms. The number of nitrogens with zero attached hydrogens (tertiary/aromatic N) is 1. The predicted octanol–water partition coefficient (Wildman–Crippen LogP) is 2.43. The predicted molar refractivity (Wildman–Crippen MR) is 68.1 cm³/mol. The molecule has 2 N–H and O–H groups in total. The number of carboxylic acid groups (broad SMARTS) is 1. The summed E-state index contributed by atoms with van der Waals surface area (Å²) in [5.41, 5.74) is 1.05. The van der Waals surface area contributed by atoms with Gasteiger partial charge >= 0.3 is 5.97 Å². The molecule has 0 radical (unpaired) electrons. The maximum Gasteiger partial charge on any atom is 0.358 e. The van der Waals surface area contributed by atoms with Crippen LogP contribution >= 0.6 is 15.9 Å². The fourth-order valence-electron chi connectivity index (χ4n) is 1.47. The first kappa shape index (κ1) is 12.8. The monoisotopic (exact) mass is 310 g/mol. The molecule has 0 bridgehead atoms. The van der Waals surface area contributed by atoms with Gasteiger partial charge in [0.1, 0.15) is 0 Å². The van der Waals surface area contributed by atoms with Gasteiger partial charge in [0.05, 0.1) is 6.54 Å². The van der Waals surface area contributed by atoms with Crippen molar-refractivity contribution in [2.75, 3.05) is 0 Å². The van der Waals surface area contributed by atoms with Crippen LogP contribution < -0.4 is 5.32 Å². The maximum atomic E-state index is 10.6. The second-order valence-electron chi connectivity index (χ2n) is 3.72. The Kier molecular flexibility index (Phi) is 4.11. The summed E-state index contributed by atoms with van der Waals surface area (Å²) in [5.74, 6) is -0.584. The number of hydrogen-bond donors (Lipinski definition) is 2. The van der Waals surface area contributed by atoms with Crippen LogP contribution in [0.5, 0.6) is 0 Å². The second kappa shape index (κ2) is 5.79. The van der Waals surface area contributed by atoms with Gasteiger partial charge in [-0.1, -0.05) is 33.2 Å². The lowest BCUT2D eigenvalue weighted by molar-refractivity contribution is 0.0685. The highest BCUT2D eigenvalue weighted by Gasteiger charge is 2.09. The smallest absolute Gasteiger partial charge is 0.358 e. The van der Waals surface area contributed by atoms with Gasteiger partial charge in [0, 0.05) is 17.1 Å². The van der Waals surface area contributed by atoms with Crippen LogP contribution in [0.2, 0.25) is 0 Å². The SMILES string of the molecule is O=C(O)c1cc(CNCc2cccc(Br)c2)on1. The van der Waals surface area contributed by atoms with Crippen LogP contribution in [0, 0.1) is 0 Å². The first-order valence-electron chi connectivity index (χ1n) is 5.29. The molecular formula is C12H11BrN2O3. The molecule has 0 aliphatic heterocycles. The van der Waals surface area contributed by atoms with Gasteiger partial charge in [0.15, 0.2) is 11.5 Å². The lowest BCUT2D eigenvalue weighted by Gasteiger charge is -2.02. The highest BCUT2D eigenvalue weighted by molar-refractivity contribution is 9.10. The Morgan fingerprint density at radius 2 is 2.22 bits per heavy atom. The molecule has 0 atom stereocenters. The van der Waals surface area contributed by atoms with E-state index < -0.39 is 5.97 Å². The highest BCUT2D eigenvalue weighted by atomic mass is 79.9. The number of rotatable bonds is 5. The largest absolute Gasteiger partial charge is 0.476 e. The van der Waals surface area contributed by atoms with Crippen LogP contribution in [0.3, 0.4) is 0 Å². The van der Waals surface area contributed by atoms with E-state index in [0.29, 0.717) is 18.8 Å². The fourth-order valence-corrected chi connectivity index (χ4v) is 1.92. The van der Waals surface area contributed by atoms with E-state index in [1.807, 2.05) is 24.3 Å². The van der Waals surface area contributed by atoms with Gasteiger partial charge in [-0.05, 0) is 17.7 Å². The van der Waals surface area contributed by atoms with E-state index in [2.05, 4.69) is 26.4 Å². The van der Waals surface area contributed by atoms with Gasteiger partial charge in [-0.3, -0.25) is 0 Å². The molecule has 2 aromatic rings. The van der Waals surface area contributed by atoms with Crippen molar-refractivity contribution >= 4 is 21.9 Å². The summed E-state index contributed by atoms with van der Waals surface area (Å²) in [6.07, 6.45) is 0. The quantitative estimate of drug-likeness (QED) is 0.887. The molecule has 18 heavy (non-hydrogen) atoms. The average Bonchev–Trinajstić information content (AvgIpc) is 2.78. The van der Waals surface area contributed by atoms with Crippen LogP contribution in [0.1, 0.15) is 21.8 Å².